The number of hydrogen-bond acceptors (Lipinski definition) is 7. The van der Waals surface area contributed by atoms with Gasteiger partial charge < -0.3 is 0 Å². The predicted molar refractivity (Wildman–Crippen MR) is 102 cm³/mol. The molecule has 0 fully saturated rings. The van der Waals surface area contributed by atoms with Crippen molar-refractivity contribution in [2.24, 2.45) is 0 Å². The predicted octanol–water partition coefficient (Wildman–Crippen LogP) is 4.39. The highest BCUT2D eigenvalue weighted by molar-refractivity contribution is 7.98. The molecular weight excluding hydrogens is 372 g/mol. The first-order valence-electron chi connectivity index (χ1n) is 8.32. The maximum absolute atomic E-state index is 10.8. The summed E-state index contributed by atoms with van der Waals surface area (Å²) in [5, 5.41) is 26.4. The van der Waals surface area contributed by atoms with Crippen molar-refractivity contribution >= 4 is 28.8 Å². The van der Waals surface area contributed by atoms with Crippen LogP contribution in [0.4, 0.5) is 5.69 Å². The Bertz CT molecular complexity index is 898. The highest BCUT2D eigenvalue weighted by Gasteiger charge is 2.18. The molecule has 3 heterocycles. The lowest BCUT2D eigenvalue weighted by molar-refractivity contribution is -0.385. The fraction of sp³-hybridized carbons (Fsp3) is 0.438. The minimum atomic E-state index is -0.451. The molecule has 0 bridgehead atoms. The van der Waals surface area contributed by atoms with Crippen LogP contribution in [0.2, 0.25) is 0 Å². The number of aryl methyl sites for hydroxylation is 1. The van der Waals surface area contributed by atoms with Crippen molar-refractivity contribution in [1.29, 1.82) is 0 Å². The Kier molecular flexibility index (Phi) is 5.72. The average molecular weight is 393 g/mol. The summed E-state index contributed by atoms with van der Waals surface area (Å²) in [4.78, 5) is 11.7. The van der Waals surface area contributed by atoms with E-state index in [1.807, 2.05) is 0 Å². The second kappa shape index (κ2) is 8.00. The zero-order valence-corrected chi connectivity index (χ0v) is 16.5. The van der Waals surface area contributed by atoms with Crippen molar-refractivity contribution in [3.63, 3.8) is 0 Å². The molecule has 0 unspecified atom stereocenters. The third-order valence-electron chi connectivity index (χ3n) is 3.75. The number of nitrogens with zero attached hydrogens (tertiary/aromatic N) is 6. The zero-order valence-electron chi connectivity index (χ0n) is 14.8. The lowest BCUT2D eigenvalue weighted by Gasteiger charge is -2.13. The Morgan fingerprint density at radius 2 is 2.19 bits per heavy atom. The standard InChI is InChI=1S/C16H20N6O2S2/c1-4-5-14-6-12(9-25-14)15-18-19-16(21(15)11(2)3)26-10-20-8-13(7-17-20)22(23)24/h6-9,11H,4-5,10H2,1-3H3. The minimum absolute atomic E-state index is 0.0154. The van der Waals surface area contributed by atoms with Gasteiger partial charge in [0, 0.05) is 21.9 Å². The molecule has 0 aliphatic carbocycles. The first kappa shape index (κ1) is 18.6. The molecule has 0 atom stereocenters. The number of nitro groups is 1. The molecule has 3 aromatic heterocycles. The van der Waals surface area contributed by atoms with E-state index in [0.717, 1.165) is 29.4 Å². The molecule has 0 N–H and O–H groups in total. The molecule has 0 radical (unpaired) electrons. The Morgan fingerprint density at radius 3 is 2.85 bits per heavy atom. The van der Waals surface area contributed by atoms with Gasteiger partial charge in [-0.3, -0.25) is 19.4 Å². The molecule has 3 rings (SSSR count). The Labute approximate surface area is 159 Å². The molecule has 3 aromatic rings. The van der Waals surface area contributed by atoms with Crippen LogP contribution in [-0.2, 0) is 12.3 Å². The van der Waals surface area contributed by atoms with Gasteiger partial charge in [-0.25, -0.2) is 0 Å². The summed E-state index contributed by atoms with van der Waals surface area (Å²) in [6.07, 6.45) is 4.85. The summed E-state index contributed by atoms with van der Waals surface area (Å²) in [6.45, 7) is 6.36. The van der Waals surface area contributed by atoms with Crippen molar-refractivity contribution < 1.29 is 4.92 Å². The summed E-state index contributed by atoms with van der Waals surface area (Å²) in [7, 11) is 0. The van der Waals surface area contributed by atoms with E-state index in [9.17, 15) is 10.1 Å². The van der Waals surface area contributed by atoms with Crippen molar-refractivity contribution in [3.8, 4) is 11.4 Å². The molecule has 138 valence electrons. The number of aromatic nitrogens is 5. The second-order valence-electron chi connectivity index (χ2n) is 6.09. The van der Waals surface area contributed by atoms with Gasteiger partial charge in [0.2, 0.25) is 0 Å². The largest absolute Gasteiger partial charge is 0.307 e. The van der Waals surface area contributed by atoms with Crippen LogP contribution < -0.4 is 0 Å². The van der Waals surface area contributed by atoms with Gasteiger partial charge in [0.25, 0.3) is 0 Å². The Morgan fingerprint density at radius 1 is 1.38 bits per heavy atom. The maximum atomic E-state index is 10.8. The van der Waals surface area contributed by atoms with Gasteiger partial charge in [-0.05, 0) is 26.3 Å². The number of rotatable bonds is 8. The lowest BCUT2D eigenvalue weighted by atomic mass is 10.2. The van der Waals surface area contributed by atoms with E-state index in [1.165, 1.54) is 33.7 Å². The second-order valence-corrected chi connectivity index (χ2v) is 8.00. The van der Waals surface area contributed by atoms with Gasteiger partial charge in [-0.1, -0.05) is 25.1 Å². The van der Waals surface area contributed by atoms with Crippen LogP contribution in [0, 0.1) is 10.1 Å². The fourth-order valence-electron chi connectivity index (χ4n) is 2.55. The molecule has 0 saturated carbocycles. The fourth-order valence-corrected chi connectivity index (χ4v) is 4.45. The Balaban J connectivity index is 1.81. The number of thiophene rings is 1. The van der Waals surface area contributed by atoms with Crippen molar-refractivity contribution in [2.45, 2.75) is 50.7 Å². The van der Waals surface area contributed by atoms with Gasteiger partial charge in [-0.2, -0.15) is 5.10 Å². The van der Waals surface area contributed by atoms with E-state index in [2.05, 4.69) is 52.1 Å². The monoisotopic (exact) mass is 392 g/mol. The van der Waals surface area contributed by atoms with Crippen molar-refractivity contribution in [3.05, 3.63) is 38.8 Å². The lowest BCUT2D eigenvalue weighted by Crippen LogP contribution is -2.05. The molecule has 0 spiro atoms. The van der Waals surface area contributed by atoms with Crippen LogP contribution >= 0.6 is 23.1 Å². The molecule has 0 aromatic carbocycles. The molecule has 8 nitrogen and oxygen atoms in total. The molecule has 10 heteroatoms. The quantitative estimate of drug-likeness (QED) is 0.321. The zero-order chi connectivity index (χ0) is 18.7. The smallest absolute Gasteiger partial charge is 0.299 e. The minimum Gasteiger partial charge on any atom is -0.299 e. The number of hydrogen-bond donors (Lipinski definition) is 0. The van der Waals surface area contributed by atoms with Gasteiger partial charge in [0.05, 0.1) is 10.8 Å². The summed E-state index contributed by atoms with van der Waals surface area (Å²) in [5.74, 6) is 1.29. The van der Waals surface area contributed by atoms with Crippen molar-refractivity contribution in [1.82, 2.24) is 24.5 Å². The van der Waals surface area contributed by atoms with E-state index in [4.69, 9.17) is 0 Å². The van der Waals surface area contributed by atoms with Gasteiger partial charge in [-0.15, -0.1) is 21.5 Å². The van der Waals surface area contributed by atoms with Crippen molar-refractivity contribution in [2.75, 3.05) is 0 Å². The van der Waals surface area contributed by atoms with Crippen LogP contribution in [0.5, 0.6) is 0 Å². The third kappa shape index (κ3) is 3.96. The molecule has 0 aliphatic heterocycles. The van der Waals surface area contributed by atoms with Gasteiger partial charge in [0.15, 0.2) is 11.0 Å². The van der Waals surface area contributed by atoms with Crippen LogP contribution in [0.15, 0.2) is 29.0 Å². The van der Waals surface area contributed by atoms with E-state index >= 15 is 0 Å². The normalized spacial score (nSPS) is 11.4. The van der Waals surface area contributed by atoms with Gasteiger partial charge >= 0.3 is 5.69 Å². The highest BCUT2D eigenvalue weighted by atomic mass is 32.2. The van der Waals surface area contributed by atoms with Crippen LogP contribution in [0.1, 0.15) is 38.1 Å². The van der Waals surface area contributed by atoms with Crippen LogP contribution in [0.3, 0.4) is 0 Å². The summed E-state index contributed by atoms with van der Waals surface area (Å²) < 4.78 is 3.63. The Hall–Kier alpha value is -2.20. The summed E-state index contributed by atoms with van der Waals surface area (Å²) in [6, 6.07) is 2.38. The maximum Gasteiger partial charge on any atom is 0.307 e. The topological polar surface area (TPSA) is 91.7 Å². The summed E-state index contributed by atoms with van der Waals surface area (Å²) >= 11 is 3.21. The molecular formula is C16H20N6O2S2. The van der Waals surface area contributed by atoms with Gasteiger partial charge in [0.1, 0.15) is 12.4 Å². The van der Waals surface area contributed by atoms with E-state index in [1.54, 1.807) is 11.3 Å². The molecule has 0 aliphatic rings. The van der Waals surface area contributed by atoms with Crippen LogP contribution in [0.25, 0.3) is 11.4 Å². The SMILES string of the molecule is CCCc1cc(-c2nnc(SCn3cc([N+](=O)[O-])cn3)n2C(C)C)cs1. The van der Waals surface area contributed by atoms with E-state index in [0.29, 0.717) is 5.88 Å². The van der Waals surface area contributed by atoms with Crippen LogP contribution in [-0.4, -0.2) is 29.5 Å². The number of thioether (sulfide) groups is 1. The average Bonchev–Trinajstić information content (AvgIpc) is 3.32. The summed E-state index contributed by atoms with van der Waals surface area (Å²) in [5.41, 5.74) is 1.07. The molecule has 0 amide bonds. The van der Waals surface area contributed by atoms with E-state index in [-0.39, 0.29) is 11.7 Å². The van der Waals surface area contributed by atoms with E-state index < -0.39 is 4.92 Å². The molecule has 0 saturated heterocycles. The first-order chi connectivity index (χ1) is 12.5. The molecule has 26 heavy (non-hydrogen) atoms. The first-order valence-corrected chi connectivity index (χ1v) is 10.2. The third-order valence-corrected chi connectivity index (χ3v) is 5.67. The highest BCUT2D eigenvalue weighted by Crippen LogP contribution is 2.31.